The summed E-state index contributed by atoms with van der Waals surface area (Å²) in [6.07, 6.45) is 1.13. The third kappa shape index (κ3) is 3.63. The first-order chi connectivity index (χ1) is 11.9. The summed E-state index contributed by atoms with van der Waals surface area (Å²) in [5.41, 5.74) is 0.626. The van der Waals surface area contributed by atoms with Crippen LogP contribution in [0.5, 0.6) is 0 Å². The number of carbonyl (C=O) groups is 1. The molecule has 0 unspecified atom stereocenters. The van der Waals surface area contributed by atoms with Gasteiger partial charge in [-0.3, -0.25) is 10.1 Å². The van der Waals surface area contributed by atoms with Crippen LogP contribution in [0, 0.1) is 21.3 Å². The van der Waals surface area contributed by atoms with Gasteiger partial charge in [-0.1, -0.05) is 12.1 Å². The molecule has 0 aliphatic heterocycles. The Morgan fingerprint density at radius 3 is 2.68 bits per heavy atom. The van der Waals surface area contributed by atoms with E-state index in [-0.39, 0.29) is 17.7 Å². The molecule has 0 saturated heterocycles. The van der Waals surface area contributed by atoms with Gasteiger partial charge in [0.05, 0.1) is 23.2 Å². The predicted molar refractivity (Wildman–Crippen MR) is 91.9 cm³/mol. The number of nitrogens with zero attached hydrogens (tertiary/aromatic N) is 1. The van der Waals surface area contributed by atoms with Crippen LogP contribution in [0.15, 0.2) is 30.3 Å². The second kappa shape index (κ2) is 7.52. The number of non-ortho nitro benzene ring substituents is 1. The zero-order valence-corrected chi connectivity index (χ0v) is 13.6. The molecule has 0 aromatic heterocycles. The average molecular weight is 345 g/mol. The molecule has 2 N–H and O–H groups in total. The van der Waals surface area contributed by atoms with E-state index in [9.17, 15) is 19.3 Å². The number of rotatable bonds is 6. The Kier molecular flexibility index (Phi) is 5.43. The minimum Gasteiger partial charge on any atom is -0.462 e. The van der Waals surface area contributed by atoms with Gasteiger partial charge in [-0.05, 0) is 18.6 Å². The molecule has 0 heterocycles. The van der Waals surface area contributed by atoms with E-state index >= 15 is 0 Å². The van der Waals surface area contributed by atoms with E-state index in [0.29, 0.717) is 16.8 Å². The van der Waals surface area contributed by atoms with Crippen LogP contribution in [0.4, 0.5) is 15.8 Å². The first kappa shape index (κ1) is 18.1. The smallest absolute Gasteiger partial charge is 0.339 e. The van der Waals surface area contributed by atoms with Crippen molar-refractivity contribution in [2.75, 3.05) is 19.0 Å². The van der Waals surface area contributed by atoms with Gasteiger partial charge in [0.15, 0.2) is 0 Å². The molecule has 0 radical (unpaired) electrons. The number of esters is 1. The molecule has 25 heavy (non-hydrogen) atoms. The number of nitro groups is 1. The van der Waals surface area contributed by atoms with E-state index in [1.165, 1.54) is 6.07 Å². The fraction of sp³-hybridized carbons (Fsp3) is 0.176. The van der Waals surface area contributed by atoms with Crippen molar-refractivity contribution in [1.82, 2.24) is 0 Å². The number of carbonyl (C=O) groups excluding carboxylic acids is 1. The monoisotopic (exact) mass is 345 g/mol. The molecule has 0 spiro atoms. The predicted octanol–water partition coefficient (Wildman–Crippen LogP) is 3.62. The second-order valence-electron chi connectivity index (χ2n) is 5.02. The Bertz CT molecular complexity index is 852. The van der Waals surface area contributed by atoms with Crippen LogP contribution in [-0.4, -0.2) is 30.8 Å². The number of anilines is 1. The average Bonchev–Trinajstić information content (AvgIpc) is 2.60. The van der Waals surface area contributed by atoms with Gasteiger partial charge in [0, 0.05) is 36.1 Å². The molecule has 0 aliphatic carbocycles. The highest BCUT2D eigenvalue weighted by atomic mass is 19.1. The molecular weight excluding hydrogens is 329 g/mol. The summed E-state index contributed by atoms with van der Waals surface area (Å²) >= 11 is 0. The molecule has 0 aliphatic rings. The molecule has 0 saturated carbocycles. The van der Waals surface area contributed by atoms with Gasteiger partial charge < -0.3 is 15.5 Å². The first-order valence-corrected chi connectivity index (χ1v) is 7.40. The summed E-state index contributed by atoms with van der Waals surface area (Å²) in [4.78, 5) is 22.4. The minimum absolute atomic E-state index is 0.0527. The number of nitro benzene ring substituents is 1. The van der Waals surface area contributed by atoms with Crippen LogP contribution in [0.1, 0.15) is 22.8 Å². The molecule has 0 fully saturated rings. The van der Waals surface area contributed by atoms with Gasteiger partial charge in [-0.25, -0.2) is 9.18 Å². The van der Waals surface area contributed by atoms with Gasteiger partial charge in [-0.2, -0.15) is 0 Å². The number of halogens is 1. The molecule has 2 aromatic carbocycles. The molecule has 0 atom stereocenters. The lowest BCUT2D eigenvalue weighted by Gasteiger charge is -2.13. The highest BCUT2D eigenvalue weighted by Crippen LogP contribution is 2.33. The quantitative estimate of drug-likeness (QED) is 0.360. The largest absolute Gasteiger partial charge is 0.462 e. The number of benzene rings is 2. The van der Waals surface area contributed by atoms with Crippen LogP contribution in [0.3, 0.4) is 0 Å². The Morgan fingerprint density at radius 1 is 1.40 bits per heavy atom. The molecule has 2 rings (SSSR count). The van der Waals surface area contributed by atoms with Crippen molar-refractivity contribution in [3.05, 3.63) is 57.4 Å². The Hall–Kier alpha value is -3.29. The molecule has 0 amide bonds. The van der Waals surface area contributed by atoms with E-state index in [4.69, 9.17) is 10.1 Å². The van der Waals surface area contributed by atoms with Crippen LogP contribution in [0.2, 0.25) is 0 Å². The van der Waals surface area contributed by atoms with Crippen molar-refractivity contribution in [3.63, 3.8) is 0 Å². The highest BCUT2D eigenvalue weighted by Gasteiger charge is 2.23. The fourth-order valence-electron chi connectivity index (χ4n) is 2.42. The van der Waals surface area contributed by atoms with Gasteiger partial charge in [0.1, 0.15) is 5.82 Å². The van der Waals surface area contributed by atoms with Crippen LogP contribution in [-0.2, 0) is 4.74 Å². The van der Waals surface area contributed by atoms with E-state index < -0.39 is 22.4 Å². The topological polar surface area (TPSA) is 105 Å². The molecule has 8 heteroatoms. The van der Waals surface area contributed by atoms with Crippen molar-refractivity contribution in [2.24, 2.45) is 0 Å². The van der Waals surface area contributed by atoms with Crippen molar-refractivity contribution in [2.45, 2.75) is 6.92 Å². The lowest BCUT2D eigenvalue weighted by molar-refractivity contribution is -0.385. The third-order valence-corrected chi connectivity index (χ3v) is 3.55. The van der Waals surface area contributed by atoms with E-state index in [1.54, 1.807) is 26.1 Å². The lowest BCUT2D eigenvalue weighted by atomic mass is 9.96. The van der Waals surface area contributed by atoms with Gasteiger partial charge in [-0.15, -0.1) is 0 Å². The Morgan fingerprint density at radius 2 is 2.12 bits per heavy atom. The van der Waals surface area contributed by atoms with E-state index in [2.05, 4.69) is 5.32 Å². The zero-order valence-electron chi connectivity index (χ0n) is 13.6. The van der Waals surface area contributed by atoms with Crippen molar-refractivity contribution in [1.29, 1.82) is 5.41 Å². The summed E-state index contributed by atoms with van der Waals surface area (Å²) < 4.78 is 19.5. The summed E-state index contributed by atoms with van der Waals surface area (Å²) in [6, 6.07) is 6.45. The summed E-state index contributed by atoms with van der Waals surface area (Å²) in [6.45, 7) is 1.64. The van der Waals surface area contributed by atoms with E-state index in [0.717, 1.165) is 18.3 Å². The molecule has 2 aromatic rings. The molecule has 7 nitrogen and oxygen atoms in total. The lowest BCUT2D eigenvalue weighted by Crippen LogP contribution is -2.09. The summed E-state index contributed by atoms with van der Waals surface area (Å²) in [5.74, 6) is -1.75. The maximum absolute atomic E-state index is 14.6. The number of hydrogen-bond donors (Lipinski definition) is 2. The van der Waals surface area contributed by atoms with Crippen LogP contribution >= 0.6 is 0 Å². The second-order valence-corrected chi connectivity index (χ2v) is 5.02. The maximum Gasteiger partial charge on any atom is 0.339 e. The standard InChI is InChI=1S/C17H16FN3O4/c1-3-25-17(22)13-7-12(21(23)24)8-14(18)16(13)10-4-5-11(9-19)15(6-10)20-2/h4-9,19-20H,3H2,1-2H3. The molecule has 0 bridgehead atoms. The first-order valence-electron chi connectivity index (χ1n) is 7.40. The third-order valence-electron chi connectivity index (χ3n) is 3.55. The SMILES string of the molecule is CCOC(=O)c1cc([N+](=O)[O-])cc(F)c1-c1ccc(C=N)c(NC)c1. The Balaban J connectivity index is 2.73. The van der Waals surface area contributed by atoms with Gasteiger partial charge >= 0.3 is 5.97 Å². The summed E-state index contributed by atoms with van der Waals surface area (Å²) in [7, 11) is 1.64. The van der Waals surface area contributed by atoms with Crippen LogP contribution < -0.4 is 5.32 Å². The number of ether oxygens (including phenoxy) is 1. The number of nitrogens with one attached hydrogen (secondary N) is 2. The van der Waals surface area contributed by atoms with Crippen LogP contribution in [0.25, 0.3) is 11.1 Å². The van der Waals surface area contributed by atoms with Crippen molar-refractivity contribution >= 4 is 23.6 Å². The minimum atomic E-state index is -0.901. The van der Waals surface area contributed by atoms with E-state index in [1.807, 2.05) is 0 Å². The Labute approximate surface area is 143 Å². The normalized spacial score (nSPS) is 10.2. The molecular formula is C17H16FN3O4. The van der Waals surface area contributed by atoms with Gasteiger partial charge in [0.25, 0.3) is 5.69 Å². The summed E-state index contributed by atoms with van der Waals surface area (Å²) in [5, 5.41) is 21.2. The fourth-order valence-corrected chi connectivity index (χ4v) is 2.42. The zero-order chi connectivity index (χ0) is 18.6. The number of hydrogen-bond acceptors (Lipinski definition) is 6. The van der Waals surface area contributed by atoms with Gasteiger partial charge in [0.2, 0.25) is 0 Å². The highest BCUT2D eigenvalue weighted by molar-refractivity contribution is 5.99. The van der Waals surface area contributed by atoms with Crippen molar-refractivity contribution < 1.29 is 18.8 Å². The van der Waals surface area contributed by atoms with Crippen molar-refractivity contribution in [3.8, 4) is 11.1 Å². The molecule has 130 valence electrons. The maximum atomic E-state index is 14.6.